The molecule has 0 amide bonds. The highest BCUT2D eigenvalue weighted by molar-refractivity contribution is 7.89. The van der Waals surface area contributed by atoms with Crippen LogP contribution in [-0.4, -0.2) is 30.9 Å². The van der Waals surface area contributed by atoms with Crippen molar-refractivity contribution in [1.82, 2.24) is 4.31 Å². The van der Waals surface area contributed by atoms with E-state index in [2.05, 4.69) is 0 Å². The first-order chi connectivity index (χ1) is 8.89. The Hall–Kier alpha value is -0.580. The molecule has 108 valence electrons. The van der Waals surface area contributed by atoms with Gasteiger partial charge in [0, 0.05) is 19.0 Å². The topological polar surface area (TPSA) is 37.4 Å². The van der Waals surface area contributed by atoms with Gasteiger partial charge in [0.25, 0.3) is 0 Å². The first-order valence-electron chi connectivity index (χ1n) is 6.48. The first-order valence-corrected chi connectivity index (χ1v) is 8.62. The average molecular weight is 304 g/mol. The monoisotopic (exact) mass is 303 g/mol. The van der Waals surface area contributed by atoms with E-state index in [4.69, 9.17) is 11.6 Å². The highest BCUT2D eigenvalue weighted by atomic mass is 35.5. The quantitative estimate of drug-likeness (QED) is 0.726. The smallest absolute Gasteiger partial charge is 0.212 e. The largest absolute Gasteiger partial charge is 0.214 e. The lowest BCUT2D eigenvalue weighted by molar-refractivity contribution is 0.419. The molecule has 0 radical (unpaired) electrons. The molecule has 0 heterocycles. The van der Waals surface area contributed by atoms with Crippen molar-refractivity contribution in [1.29, 1.82) is 0 Å². The van der Waals surface area contributed by atoms with Crippen LogP contribution in [0.5, 0.6) is 0 Å². The van der Waals surface area contributed by atoms with Crippen molar-refractivity contribution in [3.8, 4) is 0 Å². The van der Waals surface area contributed by atoms with Gasteiger partial charge in [0.05, 0.1) is 5.75 Å². The molecule has 0 aliphatic heterocycles. The van der Waals surface area contributed by atoms with Crippen molar-refractivity contribution in [3.05, 3.63) is 35.4 Å². The van der Waals surface area contributed by atoms with Crippen molar-refractivity contribution < 1.29 is 8.42 Å². The maximum absolute atomic E-state index is 12.3. The number of halogens is 1. The van der Waals surface area contributed by atoms with Crippen LogP contribution in [0.3, 0.4) is 0 Å². The number of rotatable bonds is 7. The Labute approximate surface area is 121 Å². The van der Waals surface area contributed by atoms with E-state index in [-0.39, 0.29) is 11.7 Å². The lowest BCUT2D eigenvalue weighted by atomic mass is 10.1. The minimum absolute atomic E-state index is 0.0294. The van der Waals surface area contributed by atoms with Gasteiger partial charge in [0.1, 0.15) is 0 Å². The third-order valence-electron chi connectivity index (χ3n) is 2.95. The number of alkyl halides is 1. The number of sulfonamides is 1. The van der Waals surface area contributed by atoms with Crippen molar-refractivity contribution >= 4 is 21.6 Å². The molecule has 0 spiro atoms. The van der Waals surface area contributed by atoms with Gasteiger partial charge in [-0.3, -0.25) is 0 Å². The summed E-state index contributed by atoms with van der Waals surface area (Å²) < 4.78 is 26.1. The Kier molecular flexibility index (Phi) is 6.30. The van der Waals surface area contributed by atoms with E-state index in [0.717, 1.165) is 11.1 Å². The van der Waals surface area contributed by atoms with Gasteiger partial charge >= 0.3 is 0 Å². The van der Waals surface area contributed by atoms with Crippen molar-refractivity contribution in [2.24, 2.45) is 5.92 Å². The van der Waals surface area contributed by atoms with Crippen molar-refractivity contribution in [3.63, 3.8) is 0 Å². The number of hydrogen-bond acceptors (Lipinski definition) is 2. The summed E-state index contributed by atoms with van der Waals surface area (Å²) in [5, 5.41) is 0. The zero-order valence-corrected chi connectivity index (χ0v) is 13.3. The fourth-order valence-corrected chi connectivity index (χ4v) is 3.96. The predicted molar refractivity (Wildman–Crippen MR) is 80.9 cm³/mol. The molecule has 0 bridgehead atoms. The second kappa shape index (κ2) is 7.27. The summed E-state index contributed by atoms with van der Waals surface area (Å²) in [4.78, 5) is 0. The molecule has 0 aliphatic rings. The van der Waals surface area contributed by atoms with Gasteiger partial charge in [0.15, 0.2) is 0 Å². The van der Waals surface area contributed by atoms with Gasteiger partial charge in [-0.1, -0.05) is 43.7 Å². The molecule has 0 saturated heterocycles. The summed E-state index contributed by atoms with van der Waals surface area (Å²) in [6.45, 7) is 6.62. The lowest BCUT2D eigenvalue weighted by Gasteiger charge is -2.22. The molecule has 1 unspecified atom stereocenters. The maximum atomic E-state index is 12.3. The molecule has 3 nitrogen and oxygen atoms in total. The van der Waals surface area contributed by atoms with Crippen molar-refractivity contribution in [2.45, 2.75) is 27.3 Å². The van der Waals surface area contributed by atoms with Gasteiger partial charge in [-0.15, -0.1) is 11.6 Å². The molecule has 1 rings (SSSR count). The fraction of sp³-hybridized carbons (Fsp3) is 0.571. The van der Waals surface area contributed by atoms with Crippen LogP contribution in [0.4, 0.5) is 0 Å². The number of hydrogen-bond donors (Lipinski definition) is 0. The van der Waals surface area contributed by atoms with Crippen molar-refractivity contribution in [2.75, 3.05) is 18.2 Å². The van der Waals surface area contributed by atoms with Crippen LogP contribution >= 0.6 is 11.6 Å². The van der Waals surface area contributed by atoms with E-state index in [1.807, 2.05) is 45.0 Å². The molecule has 19 heavy (non-hydrogen) atoms. The van der Waals surface area contributed by atoms with E-state index >= 15 is 0 Å². The van der Waals surface area contributed by atoms with Gasteiger partial charge in [0.2, 0.25) is 10.0 Å². The Balaban J connectivity index is 2.83. The summed E-state index contributed by atoms with van der Waals surface area (Å²) in [5.74, 6) is 0.440. The molecule has 1 aromatic carbocycles. The Morgan fingerprint density at radius 2 is 2.05 bits per heavy atom. The van der Waals surface area contributed by atoms with Crippen LogP contribution in [0, 0.1) is 12.8 Å². The Bertz CT molecular complexity index is 502. The summed E-state index contributed by atoms with van der Waals surface area (Å²) in [6.07, 6.45) is 0. The van der Waals surface area contributed by atoms with E-state index in [1.165, 1.54) is 4.31 Å². The first kappa shape index (κ1) is 16.5. The van der Waals surface area contributed by atoms with Crippen LogP contribution in [-0.2, 0) is 16.6 Å². The Morgan fingerprint density at radius 1 is 1.37 bits per heavy atom. The van der Waals surface area contributed by atoms with E-state index < -0.39 is 10.0 Å². The molecule has 1 atom stereocenters. The number of nitrogens with zero attached hydrogens (tertiary/aromatic N) is 1. The molecule has 1 aromatic rings. The van der Waals surface area contributed by atoms with Gasteiger partial charge < -0.3 is 0 Å². The van der Waals surface area contributed by atoms with E-state index in [0.29, 0.717) is 19.0 Å². The predicted octanol–water partition coefficient (Wildman–Crippen LogP) is 3.02. The molecular formula is C14H22ClNO2S. The highest BCUT2D eigenvalue weighted by Gasteiger charge is 2.23. The zero-order valence-electron chi connectivity index (χ0n) is 11.8. The fourth-order valence-electron chi connectivity index (χ4n) is 1.93. The third-order valence-corrected chi connectivity index (χ3v) is 5.64. The van der Waals surface area contributed by atoms with E-state index in [9.17, 15) is 8.42 Å². The zero-order chi connectivity index (χ0) is 14.5. The second-order valence-electron chi connectivity index (χ2n) is 4.95. The van der Waals surface area contributed by atoms with Crippen LogP contribution < -0.4 is 0 Å². The van der Waals surface area contributed by atoms with Crippen LogP contribution in [0.25, 0.3) is 0 Å². The molecule has 0 saturated carbocycles. The van der Waals surface area contributed by atoms with Gasteiger partial charge in [-0.05, 0) is 18.4 Å². The average Bonchev–Trinajstić information content (AvgIpc) is 2.35. The molecule has 0 aliphatic carbocycles. The second-order valence-corrected chi connectivity index (χ2v) is 7.28. The molecule has 0 aromatic heterocycles. The lowest BCUT2D eigenvalue weighted by Crippen LogP contribution is -2.34. The SMILES string of the molecule is CCN(Cc1cccc(C)c1)S(=O)(=O)CC(C)CCl. The standard InChI is InChI=1S/C14H22ClNO2S/c1-4-16(19(17,18)11-13(3)9-15)10-14-7-5-6-12(2)8-14/h5-8,13H,4,9-11H2,1-3H3. The summed E-state index contributed by atoms with van der Waals surface area (Å²) in [5.41, 5.74) is 2.16. The molecule has 0 N–H and O–H groups in total. The van der Waals surface area contributed by atoms with Crippen LogP contribution in [0.2, 0.25) is 0 Å². The van der Waals surface area contributed by atoms with Gasteiger partial charge in [-0.2, -0.15) is 4.31 Å². The number of benzene rings is 1. The van der Waals surface area contributed by atoms with Crippen LogP contribution in [0.1, 0.15) is 25.0 Å². The number of aryl methyl sites for hydroxylation is 1. The maximum Gasteiger partial charge on any atom is 0.214 e. The summed E-state index contributed by atoms with van der Waals surface area (Å²) >= 11 is 5.70. The molecule has 5 heteroatoms. The minimum Gasteiger partial charge on any atom is -0.212 e. The van der Waals surface area contributed by atoms with Gasteiger partial charge in [-0.25, -0.2) is 8.42 Å². The molecular weight excluding hydrogens is 282 g/mol. The normalized spacial score (nSPS) is 13.7. The molecule has 0 fully saturated rings. The summed E-state index contributed by atoms with van der Waals surface area (Å²) in [7, 11) is -3.25. The minimum atomic E-state index is -3.25. The summed E-state index contributed by atoms with van der Waals surface area (Å²) in [6, 6.07) is 7.93. The van der Waals surface area contributed by atoms with E-state index in [1.54, 1.807) is 0 Å². The highest BCUT2D eigenvalue weighted by Crippen LogP contribution is 2.14. The third kappa shape index (κ3) is 5.13. The Morgan fingerprint density at radius 3 is 2.58 bits per heavy atom. The van der Waals surface area contributed by atoms with Crippen LogP contribution in [0.15, 0.2) is 24.3 Å².